The molecule has 2 N–H and O–H groups in total. The third kappa shape index (κ3) is 9.10. The Labute approximate surface area is 223 Å². The number of carbonyl (C=O) groups excluding carboxylic acids is 2. The molecule has 2 rings (SSSR count). The highest BCUT2D eigenvalue weighted by atomic mass is 16.6. The first-order valence-corrected chi connectivity index (χ1v) is 13.2. The molecule has 2 aromatic carbocycles. The van der Waals surface area contributed by atoms with E-state index in [-0.39, 0.29) is 10.8 Å². The van der Waals surface area contributed by atoms with E-state index in [0.29, 0.717) is 17.9 Å². The lowest BCUT2D eigenvalue weighted by Gasteiger charge is -2.35. The molecule has 0 fully saturated rings. The van der Waals surface area contributed by atoms with Gasteiger partial charge in [0.15, 0.2) is 0 Å². The highest BCUT2D eigenvalue weighted by Gasteiger charge is 2.32. The number of benzene rings is 2. The third-order valence-corrected chi connectivity index (χ3v) is 7.23. The summed E-state index contributed by atoms with van der Waals surface area (Å²) < 4.78 is 11.0. The standard InChI is InChI=1S/C31H46N2O4/c1-11-28(3,4)22-13-17-24(18-14-22)36-26(34)32-30(7,8)21-31(9,10)33-27(35)37-25-19-15-23(16-20-25)29(5,6)12-2/h13-20H,11-12,21H2,1-10H3,(H,32,34)(H,33,35). The number of rotatable bonds is 10. The van der Waals surface area contributed by atoms with Crippen LogP contribution in [0, 0.1) is 0 Å². The van der Waals surface area contributed by atoms with Crippen molar-refractivity contribution in [2.45, 2.75) is 110 Å². The zero-order valence-corrected chi connectivity index (χ0v) is 24.4. The van der Waals surface area contributed by atoms with Crippen LogP contribution < -0.4 is 20.1 Å². The Bertz CT molecular complexity index is 966. The van der Waals surface area contributed by atoms with Crippen molar-refractivity contribution in [3.05, 3.63) is 59.7 Å². The molecular formula is C31H46N2O4. The minimum atomic E-state index is -0.647. The Hall–Kier alpha value is -3.02. The van der Waals surface area contributed by atoms with E-state index in [1.165, 1.54) is 11.1 Å². The molecule has 6 heteroatoms. The molecule has 0 aliphatic carbocycles. The molecule has 0 aromatic heterocycles. The quantitative estimate of drug-likeness (QED) is 0.341. The zero-order valence-electron chi connectivity index (χ0n) is 24.4. The van der Waals surface area contributed by atoms with Crippen molar-refractivity contribution in [3.63, 3.8) is 0 Å². The molecule has 0 heterocycles. The van der Waals surface area contributed by atoms with Crippen molar-refractivity contribution < 1.29 is 19.1 Å². The van der Waals surface area contributed by atoms with Crippen LogP contribution >= 0.6 is 0 Å². The van der Waals surface area contributed by atoms with Crippen LogP contribution in [0.2, 0.25) is 0 Å². The first-order chi connectivity index (χ1) is 17.0. The third-order valence-electron chi connectivity index (χ3n) is 7.23. The second-order valence-corrected chi connectivity index (χ2v) is 12.5. The molecule has 0 unspecified atom stereocenters. The lowest BCUT2D eigenvalue weighted by atomic mass is 9.82. The predicted octanol–water partition coefficient (Wildman–Crippen LogP) is 7.89. The molecular weight excluding hydrogens is 464 g/mol. The van der Waals surface area contributed by atoms with Crippen LogP contribution in [-0.2, 0) is 10.8 Å². The summed E-state index contributed by atoms with van der Waals surface area (Å²) in [6.07, 6.45) is 1.41. The monoisotopic (exact) mass is 510 g/mol. The van der Waals surface area contributed by atoms with Gasteiger partial charge in [0.2, 0.25) is 0 Å². The van der Waals surface area contributed by atoms with Crippen LogP contribution in [0.1, 0.15) is 99.6 Å². The molecule has 0 saturated carbocycles. The summed E-state index contributed by atoms with van der Waals surface area (Å²) in [6.45, 7) is 20.6. The highest BCUT2D eigenvalue weighted by Crippen LogP contribution is 2.29. The smallest absolute Gasteiger partial charge is 0.410 e. The fraction of sp³-hybridized carbons (Fsp3) is 0.548. The van der Waals surface area contributed by atoms with E-state index in [1.807, 2.05) is 76.2 Å². The second kappa shape index (κ2) is 11.6. The Morgan fingerprint density at radius 1 is 0.595 bits per heavy atom. The minimum Gasteiger partial charge on any atom is -0.410 e. The molecule has 6 nitrogen and oxygen atoms in total. The fourth-order valence-corrected chi connectivity index (χ4v) is 4.37. The van der Waals surface area contributed by atoms with Gasteiger partial charge in [-0.25, -0.2) is 9.59 Å². The SMILES string of the molecule is CCC(C)(C)c1ccc(OC(=O)NC(C)(C)CC(C)(C)NC(=O)Oc2ccc(C(C)(C)CC)cc2)cc1. The van der Waals surface area contributed by atoms with E-state index in [0.717, 1.165) is 12.8 Å². The number of ether oxygens (including phenoxy) is 2. The second-order valence-electron chi connectivity index (χ2n) is 12.5. The molecule has 0 aliphatic rings. The fourth-order valence-electron chi connectivity index (χ4n) is 4.37. The average molecular weight is 511 g/mol. The van der Waals surface area contributed by atoms with Gasteiger partial charge < -0.3 is 20.1 Å². The summed E-state index contributed by atoms with van der Waals surface area (Å²) in [5.74, 6) is 0.969. The number of nitrogens with one attached hydrogen (secondary N) is 2. The molecule has 0 atom stereocenters. The Morgan fingerprint density at radius 3 is 1.16 bits per heavy atom. The molecule has 204 valence electrons. The van der Waals surface area contributed by atoms with Crippen molar-refractivity contribution >= 4 is 12.2 Å². The van der Waals surface area contributed by atoms with Crippen LogP contribution in [-0.4, -0.2) is 23.3 Å². The maximum Gasteiger partial charge on any atom is 0.413 e. The van der Waals surface area contributed by atoms with Gasteiger partial charge in [0.25, 0.3) is 0 Å². The van der Waals surface area contributed by atoms with Crippen LogP contribution in [0.3, 0.4) is 0 Å². The zero-order chi connectivity index (χ0) is 28.1. The summed E-state index contributed by atoms with van der Waals surface area (Å²) >= 11 is 0. The highest BCUT2D eigenvalue weighted by molar-refractivity contribution is 5.72. The van der Waals surface area contributed by atoms with E-state index in [1.54, 1.807) is 0 Å². The summed E-state index contributed by atoms with van der Waals surface area (Å²) in [7, 11) is 0. The molecule has 37 heavy (non-hydrogen) atoms. The molecule has 0 radical (unpaired) electrons. The molecule has 0 spiro atoms. The van der Waals surface area contributed by atoms with Crippen molar-refractivity contribution in [2.75, 3.05) is 0 Å². The maximum absolute atomic E-state index is 12.6. The molecule has 2 amide bonds. The van der Waals surface area contributed by atoms with Gasteiger partial charge >= 0.3 is 12.2 Å². The number of carbonyl (C=O) groups is 2. The lowest BCUT2D eigenvalue weighted by Crippen LogP contribution is -2.54. The van der Waals surface area contributed by atoms with E-state index < -0.39 is 23.3 Å². The van der Waals surface area contributed by atoms with E-state index >= 15 is 0 Å². The van der Waals surface area contributed by atoms with E-state index in [2.05, 4.69) is 52.2 Å². The van der Waals surface area contributed by atoms with Crippen molar-refractivity contribution in [2.24, 2.45) is 0 Å². The molecule has 0 aliphatic heterocycles. The van der Waals surface area contributed by atoms with E-state index in [4.69, 9.17) is 9.47 Å². The van der Waals surface area contributed by atoms with Gasteiger partial charge in [-0.3, -0.25) is 0 Å². The Balaban J connectivity index is 1.91. The number of amides is 2. The van der Waals surface area contributed by atoms with Gasteiger partial charge in [0, 0.05) is 11.1 Å². The first-order valence-electron chi connectivity index (χ1n) is 13.2. The van der Waals surface area contributed by atoms with Crippen molar-refractivity contribution in [3.8, 4) is 11.5 Å². The summed E-state index contributed by atoms with van der Waals surface area (Å²) in [5, 5.41) is 5.82. The molecule has 0 bridgehead atoms. The predicted molar refractivity (Wildman–Crippen MR) is 151 cm³/mol. The average Bonchev–Trinajstić information content (AvgIpc) is 2.78. The largest absolute Gasteiger partial charge is 0.413 e. The van der Waals surface area contributed by atoms with Crippen LogP contribution in [0.25, 0.3) is 0 Å². The van der Waals surface area contributed by atoms with Crippen molar-refractivity contribution in [1.82, 2.24) is 10.6 Å². The van der Waals surface area contributed by atoms with Crippen LogP contribution in [0.15, 0.2) is 48.5 Å². The van der Waals surface area contributed by atoms with Crippen molar-refractivity contribution in [1.29, 1.82) is 0 Å². The normalized spacial score (nSPS) is 12.6. The summed E-state index contributed by atoms with van der Waals surface area (Å²) in [5.41, 5.74) is 1.24. The molecule has 0 saturated heterocycles. The van der Waals surface area contributed by atoms with Gasteiger partial charge in [-0.15, -0.1) is 0 Å². The summed E-state index contributed by atoms with van der Waals surface area (Å²) in [6, 6.07) is 15.2. The Kier molecular flexibility index (Phi) is 9.45. The van der Waals surface area contributed by atoms with Crippen LogP contribution in [0.5, 0.6) is 11.5 Å². The van der Waals surface area contributed by atoms with Gasteiger partial charge in [-0.05, 0) is 93.2 Å². The van der Waals surface area contributed by atoms with Crippen LogP contribution in [0.4, 0.5) is 9.59 Å². The van der Waals surface area contributed by atoms with E-state index in [9.17, 15) is 9.59 Å². The Morgan fingerprint density at radius 2 is 0.892 bits per heavy atom. The topological polar surface area (TPSA) is 76.7 Å². The molecule has 2 aromatic rings. The van der Waals surface area contributed by atoms with Gasteiger partial charge in [-0.1, -0.05) is 65.8 Å². The minimum absolute atomic E-state index is 0.0674. The maximum atomic E-state index is 12.6. The van der Waals surface area contributed by atoms with Gasteiger partial charge in [-0.2, -0.15) is 0 Å². The number of hydrogen-bond acceptors (Lipinski definition) is 4. The number of hydrogen-bond donors (Lipinski definition) is 2. The first kappa shape index (κ1) is 30.2. The summed E-state index contributed by atoms with van der Waals surface area (Å²) in [4.78, 5) is 25.2. The lowest BCUT2D eigenvalue weighted by molar-refractivity contribution is 0.168. The van der Waals surface area contributed by atoms with Gasteiger partial charge in [0.05, 0.1) is 0 Å². The van der Waals surface area contributed by atoms with Gasteiger partial charge in [0.1, 0.15) is 11.5 Å².